The lowest BCUT2D eigenvalue weighted by Gasteiger charge is -2.38. The van der Waals surface area contributed by atoms with Gasteiger partial charge in [-0.3, -0.25) is 0 Å². The van der Waals surface area contributed by atoms with E-state index >= 15 is 0 Å². The molecule has 2 atom stereocenters. The van der Waals surface area contributed by atoms with Gasteiger partial charge in [-0.1, -0.05) is 38.0 Å². The number of piperidine rings is 1. The molecule has 0 radical (unpaired) electrons. The first-order valence-electron chi connectivity index (χ1n) is 6.87. The second-order valence-corrected chi connectivity index (χ2v) is 5.14. The van der Waals surface area contributed by atoms with Crippen LogP contribution in [0.4, 0.5) is 5.69 Å². The fourth-order valence-corrected chi connectivity index (χ4v) is 2.70. The highest BCUT2D eigenvalue weighted by atomic mass is 15.1. The van der Waals surface area contributed by atoms with Gasteiger partial charge in [-0.15, -0.1) is 0 Å². The molecule has 0 saturated carbocycles. The van der Waals surface area contributed by atoms with E-state index in [1.807, 2.05) is 0 Å². The Bertz CT molecular complexity index is 323. The van der Waals surface area contributed by atoms with Crippen LogP contribution in [-0.2, 0) is 0 Å². The van der Waals surface area contributed by atoms with Crippen molar-refractivity contribution in [3.05, 3.63) is 30.3 Å². The van der Waals surface area contributed by atoms with E-state index in [2.05, 4.69) is 42.2 Å². The topological polar surface area (TPSA) is 29.3 Å². The molecule has 0 spiro atoms. The van der Waals surface area contributed by atoms with Crippen LogP contribution >= 0.6 is 0 Å². The highest BCUT2D eigenvalue weighted by Crippen LogP contribution is 2.25. The van der Waals surface area contributed by atoms with Crippen LogP contribution in [-0.4, -0.2) is 19.1 Å². The molecule has 0 aromatic heterocycles. The van der Waals surface area contributed by atoms with E-state index in [1.165, 1.54) is 24.9 Å². The van der Waals surface area contributed by atoms with Crippen LogP contribution in [0.1, 0.15) is 32.6 Å². The maximum atomic E-state index is 6.23. The molecule has 1 fully saturated rings. The molecule has 0 amide bonds. The smallest absolute Gasteiger partial charge is 0.0366 e. The Morgan fingerprint density at radius 2 is 2.06 bits per heavy atom. The van der Waals surface area contributed by atoms with Crippen LogP contribution in [0, 0.1) is 5.92 Å². The van der Waals surface area contributed by atoms with E-state index in [9.17, 15) is 0 Å². The predicted octanol–water partition coefficient (Wildman–Crippen LogP) is 3.03. The molecule has 0 aliphatic carbocycles. The van der Waals surface area contributed by atoms with Crippen LogP contribution in [0.15, 0.2) is 30.3 Å². The molecule has 17 heavy (non-hydrogen) atoms. The van der Waals surface area contributed by atoms with Crippen molar-refractivity contribution in [3.8, 4) is 0 Å². The van der Waals surface area contributed by atoms with Gasteiger partial charge in [-0.2, -0.15) is 0 Å². The van der Waals surface area contributed by atoms with E-state index in [0.717, 1.165) is 19.5 Å². The minimum atomic E-state index is 0.404. The Morgan fingerprint density at radius 3 is 2.76 bits per heavy atom. The van der Waals surface area contributed by atoms with E-state index in [4.69, 9.17) is 5.73 Å². The van der Waals surface area contributed by atoms with Crippen molar-refractivity contribution in [1.29, 1.82) is 0 Å². The molecule has 2 rings (SSSR count). The summed E-state index contributed by atoms with van der Waals surface area (Å²) in [7, 11) is 0. The summed E-state index contributed by atoms with van der Waals surface area (Å²) in [4.78, 5) is 2.49. The van der Waals surface area contributed by atoms with E-state index < -0.39 is 0 Å². The van der Waals surface area contributed by atoms with Gasteiger partial charge in [-0.05, 0) is 30.9 Å². The lowest BCUT2D eigenvalue weighted by Crippen LogP contribution is -2.47. The minimum absolute atomic E-state index is 0.404. The molecule has 1 aromatic carbocycles. The van der Waals surface area contributed by atoms with E-state index in [1.54, 1.807) is 0 Å². The maximum absolute atomic E-state index is 6.23. The van der Waals surface area contributed by atoms with Gasteiger partial charge in [0.1, 0.15) is 0 Å². The van der Waals surface area contributed by atoms with Crippen molar-refractivity contribution < 1.29 is 0 Å². The number of para-hydroxylation sites is 1. The third kappa shape index (κ3) is 3.22. The highest BCUT2D eigenvalue weighted by Gasteiger charge is 2.25. The summed E-state index contributed by atoms with van der Waals surface area (Å²) in [6, 6.07) is 11.1. The van der Waals surface area contributed by atoms with E-state index in [-0.39, 0.29) is 0 Å². The Hall–Kier alpha value is -1.02. The number of unbranched alkanes of at least 4 members (excludes halogenated alkanes) is 1. The summed E-state index contributed by atoms with van der Waals surface area (Å²) >= 11 is 0. The van der Waals surface area contributed by atoms with Gasteiger partial charge in [0.15, 0.2) is 0 Å². The average Bonchev–Trinajstić information content (AvgIpc) is 2.39. The number of nitrogens with two attached hydrogens (primary N) is 1. The summed E-state index contributed by atoms with van der Waals surface area (Å²) in [5.74, 6) is 0.670. The molecular weight excluding hydrogens is 208 g/mol. The van der Waals surface area contributed by atoms with Crippen molar-refractivity contribution in [2.45, 2.75) is 38.6 Å². The van der Waals surface area contributed by atoms with Gasteiger partial charge >= 0.3 is 0 Å². The zero-order valence-electron chi connectivity index (χ0n) is 10.8. The minimum Gasteiger partial charge on any atom is -0.371 e. The number of hydrogen-bond donors (Lipinski definition) is 1. The normalized spacial score (nSPS) is 24.9. The van der Waals surface area contributed by atoms with Crippen molar-refractivity contribution in [2.75, 3.05) is 18.0 Å². The van der Waals surface area contributed by atoms with Crippen LogP contribution in [0.5, 0.6) is 0 Å². The number of nitrogens with zero attached hydrogens (tertiary/aromatic N) is 1. The third-order valence-electron chi connectivity index (χ3n) is 3.84. The second-order valence-electron chi connectivity index (χ2n) is 5.14. The first-order chi connectivity index (χ1) is 8.31. The SMILES string of the molecule is CCCC[C@H]1CN(c2ccccc2)CC[C@H]1N. The first kappa shape index (κ1) is 12.4. The molecule has 1 aromatic rings. The van der Waals surface area contributed by atoms with Crippen LogP contribution in [0.3, 0.4) is 0 Å². The van der Waals surface area contributed by atoms with Crippen LogP contribution in [0.25, 0.3) is 0 Å². The summed E-state index contributed by atoms with van der Waals surface area (Å²) in [5, 5.41) is 0. The molecule has 1 aliphatic heterocycles. The number of rotatable bonds is 4. The number of benzene rings is 1. The summed E-state index contributed by atoms with van der Waals surface area (Å²) in [6.07, 6.45) is 4.99. The largest absolute Gasteiger partial charge is 0.371 e. The molecule has 2 heteroatoms. The highest BCUT2D eigenvalue weighted by molar-refractivity contribution is 5.46. The summed E-state index contributed by atoms with van der Waals surface area (Å²) in [6.45, 7) is 4.49. The zero-order valence-corrected chi connectivity index (χ0v) is 10.8. The van der Waals surface area contributed by atoms with Crippen LogP contribution < -0.4 is 10.6 Å². The fraction of sp³-hybridized carbons (Fsp3) is 0.600. The molecule has 94 valence electrons. The lowest BCUT2D eigenvalue weighted by atomic mass is 9.88. The fourth-order valence-electron chi connectivity index (χ4n) is 2.70. The quantitative estimate of drug-likeness (QED) is 0.864. The second kappa shape index (κ2) is 6.06. The van der Waals surface area contributed by atoms with Crippen LogP contribution in [0.2, 0.25) is 0 Å². The third-order valence-corrected chi connectivity index (χ3v) is 3.84. The summed E-state index contributed by atoms with van der Waals surface area (Å²) in [5.41, 5.74) is 7.58. The van der Waals surface area contributed by atoms with Crippen molar-refractivity contribution in [2.24, 2.45) is 11.7 Å². The van der Waals surface area contributed by atoms with Crippen molar-refractivity contribution in [3.63, 3.8) is 0 Å². The maximum Gasteiger partial charge on any atom is 0.0366 e. The molecule has 1 heterocycles. The molecular formula is C15H24N2. The molecule has 1 saturated heterocycles. The van der Waals surface area contributed by atoms with Gasteiger partial charge in [0.25, 0.3) is 0 Å². The average molecular weight is 232 g/mol. The lowest BCUT2D eigenvalue weighted by molar-refractivity contribution is 0.330. The molecule has 1 aliphatic rings. The van der Waals surface area contributed by atoms with Gasteiger partial charge in [0.2, 0.25) is 0 Å². The Kier molecular flexibility index (Phi) is 4.43. The first-order valence-corrected chi connectivity index (χ1v) is 6.87. The molecule has 0 bridgehead atoms. The number of anilines is 1. The summed E-state index contributed by atoms with van der Waals surface area (Å²) < 4.78 is 0. The molecule has 0 unspecified atom stereocenters. The monoisotopic (exact) mass is 232 g/mol. The Balaban J connectivity index is 1.97. The van der Waals surface area contributed by atoms with Crippen molar-refractivity contribution in [1.82, 2.24) is 0 Å². The Labute approximate surface area is 105 Å². The molecule has 2 nitrogen and oxygen atoms in total. The van der Waals surface area contributed by atoms with Gasteiger partial charge in [-0.25, -0.2) is 0 Å². The number of hydrogen-bond acceptors (Lipinski definition) is 2. The van der Waals surface area contributed by atoms with Gasteiger partial charge < -0.3 is 10.6 Å². The van der Waals surface area contributed by atoms with Gasteiger partial charge in [0.05, 0.1) is 0 Å². The van der Waals surface area contributed by atoms with E-state index in [0.29, 0.717) is 12.0 Å². The zero-order chi connectivity index (χ0) is 12.1. The standard InChI is InChI=1S/C15H24N2/c1-2-3-7-13-12-17(11-10-15(13)16)14-8-5-4-6-9-14/h4-6,8-9,13,15H,2-3,7,10-12,16H2,1H3/t13-,15+/m0/s1. The van der Waals surface area contributed by atoms with Gasteiger partial charge in [0, 0.05) is 24.8 Å². The molecule has 2 N–H and O–H groups in total. The Morgan fingerprint density at radius 1 is 1.29 bits per heavy atom. The van der Waals surface area contributed by atoms with Crippen molar-refractivity contribution >= 4 is 5.69 Å². The predicted molar refractivity (Wildman–Crippen MR) is 74.3 cm³/mol.